The Kier molecular flexibility index (Phi) is 6.14. The number of carbonyl (C=O) groups excluding carboxylic acids is 2. The molecule has 0 radical (unpaired) electrons. The summed E-state index contributed by atoms with van der Waals surface area (Å²) >= 11 is 5.97. The lowest BCUT2D eigenvalue weighted by Gasteiger charge is -2.09. The molecule has 0 atom stereocenters. The minimum Gasteiger partial charge on any atom is -0.495 e. The average molecular weight is 351 g/mol. The van der Waals surface area contributed by atoms with Gasteiger partial charge in [0.2, 0.25) is 11.8 Å². The van der Waals surface area contributed by atoms with Crippen LogP contribution in [0.15, 0.2) is 42.5 Å². The number of halogens is 2. The van der Waals surface area contributed by atoms with Gasteiger partial charge in [0.1, 0.15) is 11.6 Å². The first-order chi connectivity index (χ1) is 11.5. The molecule has 0 unspecified atom stereocenters. The molecule has 0 aliphatic carbocycles. The summed E-state index contributed by atoms with van der Waals surface area (Å²) in [5.41, 5.74) is 1.16. The van der Waals surface area contributed by atoms with Crippen molar-refractivity contribution < 1.29 is 18.7 Å². The highest BCUT2D eigenvalue weighted by atomic mass is 35.5. The number of ether oxygens (including phenoxy) is 1. The van der Waals surface area contributed by atoms with Gasteiger partial charge in [0.05, 0.1) is 25.1 Å². The molecule has 0 aliphatic heterocycles. The van der Waals surface area contributed by atoms with E-state index >= 15 is 0 Å². The van der Waals surface area contributed by atoms with E-state index in [1.807, 2.05) is 0 Å². The van der Waals surface area contributed by atoms with Gasteiger partial charge in [0.15, 0.2) is 0 Å². The van der Waals surface area contributed by atoms with Gasteiger partial charge in [0, 0.05) is 5.69 Å². The molecular weight excluding hydrogens is 335 g/mol. The van der Waals surface area contributed by atoms with Crippen molar-refractivity contribution >= 4 is 29.1 Å². The number of carbonyl (C=O) groups is 2. The van der Waals surface area contributed by atoms with E-state index < -0.39 is 0 Å². The maximum Gasteiger partial charge on any atom is 0.243 e. The van der Waals surface area contributed by atoms with Crippen molar-refractivity contribution in [3.05, 3.63) is 58.9 Å². The maximum absolute atomic E-state index is 12.8. The van der Waals surface area contributed by atoms with Crippen LogP contribution in [0.5, 0.6) is 5.75 Å². The lowest BCUT2D eigenvalue weighted by atomic mass is 10.1. The number of anilines is 1. The fraction of sp³-hybridized carbons (Fsp3) is 0.176. The molecule has 0 aliphatic rings. The Morgan fingerprint density at radius 2 is 1.83 bits per heavy atom. The van der Waals surface area contributed by atoms with Gasteiger partial charge in [-0.3, -0.25) is 9.59 Å². The van der Waals surface area contributed by atoms with Gasteiger partial charge < -0.3 is 15.4 Å². The normalized spacial score (nSPS) is 10.1. The average Bonchev–Trinajstić information content (AvgIpc) is 2.55. The quantitative estimate of drug-likeness (QED) is 0.841. The van der Waals surface area contributed by atoms with Crippen molar-refractivity contribution in [3.63, 3.8) is 0 Å². The number of hydrogen-bond donors (Lipinski definition) is 2. The molecule has 2 rings (SSSR count). The van der Waals surface area contributed by atoms with Crippen LogP contribution in [-0.2, 0) is 16.0 Å². The molecule has 2 aromatic rings. The van der Waals surface area contributed by atoms with Crippen molar-refractivity contribution in [2.75, 3.05) is 19.0 Å². The third kappa shape index (κ3) is 5.24. The molecule has 0 spiro atoms. The Hall–Kier alpha value is -2.60. The SMILES string of the molecule is COc1ccc(NC(=O)CNC(=O)Cc2ccc(F)cc2)cc1Cl. The first-order valence-electron chi connectivity index (χ1n) is 7.12. The first-order valence-corrected chi connectivity index (χ1v) is 7.50. The summed E-state index contributed by atoms with van der Waals surface area (Å²) in [7, 11) is 1.50. The zero-order valence-corrected chi connectivity index (χ0v) is 13.7. The largest absolute Gasteiger partial charge is 0.495 e. The molecule has 0 saturated carbocycles. The molecule has 5 nitrogen and oxygen atoms in total. The lowest BCUT2D eigenvalue weighted by molar-refractivity contribution is -0.123. The van der Waals surface area contributed by atoms with E-state index in [0.717, 1.165) is 0 Å². The van der Waals surface area contributed by atoms with Gasteiger partial charge >= 0.3 is 0 Å². The zero-order chi connectivity index (χ0) is 17.5. The Labute approximate surface area is 143 Å². The van der Waals surface area contributed by atoms with Gasteiger partial charge in [-0.05, 0) is 35.9 Å². The Morgan fingerprint density at radius 1 is 1.12 bits per heavy atom. The summed E-state index contributed by atoms with van der Waals surface area (Å²) in [6, 6.07) is 10.4. The number of benzene rings is 2. The smallest absolute Gasteiger partial charge is 0.243 e. The summed E-state index contributed by atoms with van der Waals surface area (Å²) in [5, 5.41) is 5.49. The minimum absolute atomic E-state index is 0.0714. The molecule has 2 aromatic carbocycles. The summed E-state index contributed by atoms with van der Waals surface area (Å²) in [6.45, 7) is -0.177. The first kappa shape index (κ1) is 17.7. The third-order valence-corrected chi connectivity index (χ3v) is 3.45. The molecule has 0 aromatic heterocycles. The fourth-order valence-corrected chi connectivity index (χ4v) is 2.24. The fourth-order valence-electron chi connectivity index (χ4n) is 1.98. The second-order valence-corrected chi connectivity index (χ2v) is 5.38. The number of methoxy groups -OCH3 is 1. The summed E-state index contributed by atoms with van der Waals surface area (Å²) in [5.74, 6) is -0.577. The van der Waals surface area contributed by atoms with Crippen LogP contribution in [0.2, 0.25) is 5.02 Å². The van der Waals surface area contributed by atoms with Crippen LogP contribution in [0.4, 0.5) is 10.1 Å². The molecule has 7 heteroatoms. The van der Waals surface area contributed by atoms with Gasteiger partial charge in [-0.25, -0.2) is 4.39 Å². The van der Waals surface area contributed by atoms with E-state index in [9.17, 15) is 14.0 Å². The molecule has 24 heavy (non-hydrogen) atoms. The minimum atomic E-state index is -0.385. The van der Waals surface area contributed by atoms with Crippen LogP contribution in [0.25, 0.3) is 0 Å². The highest BCUT2D eigenvalue weighted by Crippen LogP contribution is 2.27. The number of amides is 2. The number of nitrogens with one attached hydrogen (secondary N) is 2. The Bertz CT molecular complexity index is 735. The Balaban J connectivity index is 1.81. The van der Waals surface area contributed by atoms with E-state index in [4.69, 9.17) is 16.3 Å². The van der Waals surface area contributed by atoms with Crippen molar-refractivity contribution in [2.24, 2.45) is 0 Å². The van der Waals surface area contributed by atoms with Crippen LogP contribution >= 0.6 is 11.6 Å². The summed E-state index contributed by atoms with van der Waals surface area (Å²) < 4.78 is 17.8. The second kappa shape index (κ2) is 8.31. The van der Waals surface area contributed by atoms with Crippen molar-refractivity contribution in [1.82, 2.24) is 5.32 Å². The molecule has 2 N–H and O–H groups in total. The lowest BCUT2D eigenvalue weighted by Crippen LogP contribution is -2.33. The molecule has 0 saturated heterocycles. The molecular formula is C17H16ClFN2O3. The van der Waals surface area contributed by atoms with Crippen LogP contribution in [0.3, 0.4) is 0 Å². The third-order valence-electron chi connectivity index (χ3n) is 3.16. The molecule has 0 bridgehead atoms. The van der Waals surface area contributed by atoms with Crippen LogP contribution in [0.1, 0.15) is 5.56 Å². The van der Waals surface area contributed by atoms with Gasteiger partial charge in [-0.15, -0.1) is 0 Å². The van der Waals surface area contributed by atoms with Gasteiger partial charge in [-0.2, -0.15) is 0 Å². The maximum atomic E-state index is 12.8. The second-order valence-electron chi connectivity index (χ2n) is 4.98. The molecule has 126 valence electrons. The zero-order valence-electron chi connectivity index (χ0n) is 12.9. The number of rotatable bonds is 6. The predicted molar refractivity (Wildman–Crippen MR) is 89.7 cm³/mol. The monoisotopic (exact) mass is 350 g/mol. The summed E-state index contributed by atoms with van der Waals surface area (Å²) in [4.78, 5) is 23.6. The van der Waals surface area contributed by atoms with E-state index in [2.05, 4.69) is 10.6 Å². The van der Waals surface area contributed by atoms with Gasteiger partial charge in [0.25, 0.3) is 0 Å². The van der Waals surface area contributed by atoms with Crippen LogP contribution in [-0.4, -0.2) is 25.5 Å². The standard InChI is InChI=1S/C17H16ClFN2O3/c1-24-15-7-6-13(9-14(15)18)21-17(23)10-20-16(22)8-11-2-4-12(19)5-3-11/h2-7,9H,8,10H2,1H3,(H,20,22)(H,21,23). The van der Waals surface area contributed by atoms with Crippen molar-refractivity contribution in [1.29, 1.82) is 0 Å². The van der Waals surface area contributed by atoms with E-state index in [0.29, 0.717) is 22.0 Å². The van der Waals surface area contributed by atoms with Gasteiger partial charge in [-0.1, -0.05) is 23.7 Å². The topological polar surface area (TPSA) is 67.4 Å². The summed E-state index contributed by atoms with van der Waals surface area (Å²) in [6.07, 6.45) is 0.0714. The van der Waals surface area contributed by atoms with Crippen LogP contribution in [0, 0.1) is 5.82 Å². The highest BCUT2D eigenvalue weighted by molar-refractivity contribution is 6.32. The predicted octanol–water partition coefficient (Wildman–Crippen LogP) is 2.79. The molecule has 0 fully saturated rings. The van der Waals surface area contributed by atoms with Crippen molar-refractivity contribution in [3.8, 4) is 5.75 Å². The van der Waals surface area contributed by atoms with E-state index in [1.165, 1.54) is 31.4 Å². The van der Waals surface area contributed by atoms with E-state index in [1.54, 1.807) is 18.2 Å². The molecule has 2 amide bonds. The van der Waals surface area contributed by atoms with Crippen molar-refractivity contribution in [2.45, 2.75) is 6.42 Å². The highest BCUT2D eigenvalue weighted by Gasteiger charge is 2.08. The number of hydrogen-bond acceptors (Lipinski definition) is 3. The molecule has 0 heterocycles. The Morgan fingerprint density at radius 3 is 2.46 bits per heavy atom. The van der Waals surface area contributed by atoms with E-state index in [-0.39, 0.29) is 30.6 Å². The van der Waals surface area contributed by atoms with Crippen LogP contribution < -0.4 is 15.4 Å².